The van der Waals surface area contributed by atoms with E-state index in [1.807, 2.05) is 0 Å². The second kappa shape index (κ2) is 12.5. The molecule has 3 aliphatic rings. The van der Waals surface area contributed by atoms with E-state index in [2.05, 4.69) is 50.9 Å². The number of hydrogen-bond acceptors (Lipinski definition) is 3. The fourth-order valence-electron chi connectivity index (χ4n) is 5.86. The van der Waals surface area contributed by atoms with Gasteiger partial charge in [0.2, 0.25) is 0 Å². The Kier molecular flexibility index (Phi) is 10.4. The number of rotatable bonds is 15. The summed E-state index contributed by atoms with van der Waals surface area (Å²) in [5, 5.41) is 9.26. The lowest BCUT2D eigenvalue weighted by atomic mass is 9.61. The number of hydrogen-bond donors (Lipinski definition) is 1. The summed E-state index contributed by atoms with van der Waals surface area (Å²) in [5.74, 6) is 0.251. The molecule has 0 aromatic carbocycles. The highest BCUT2D eigenvalue weighted by Crippen LogP contribution is 2.56. The average Bonchev–Trinajstić information content (AvgIpc) is 3.48. The van der Waals surface area contributed by atoms with Crippen LogP contribution in [0.25, 0.3) is 0 Å². The largest absolute Gasteiger partial charge is 0.481 e. The molecule has 0 aromatic rings. The van der Waals surface area contributed by atoms with Crippen molar-refractivity contribution in [2.75, 3.05) is 13.1 Å². The highest BCUT2D eigenvalue weighted by molar-refractivity contribution is 6.74. The number of nitrogens with zero attached hydrogens (tertiary/aromatic N) is 1. The summed E-state index contributed by atoms with van der Waals surface area (Å²) in [5.41, 5.74) is 0.439. The third-order valence-corrected chi connectivity index (χ3v) is 14.5. The second-order valence-corrected chi connectivity index (χ2v) is 18.6. The number of carboxylic acids is 1. The fourth-order valence-corrected chi connectivity index (χ4v) is 7.66. The number of allylic oxidation sites excluding steroid dienone is 1. The SMILES string of the molecule is CC(C)(C)[Si](C)(C)OC(CCCN1CC[C@@H](Cl)[C@H]1C/C=C\CCCC(=O)O)C1(CC2CC2)CCC1. The average molecular weight is 526 g/mol. The van der Waals surface area contributed by atoms with Gasteiger partial charge in [0.1, 0.15) is 0 Å². The van der Waals surface area contributed by atoms with Gasteiger partial charge in [-0.05, 0) is 100 Å². The van der Waals surface area contributed by atoms with Crippen LogP contribution in [-0.2, 0) is 9.22 Å². The van der Waals surface area contributed by atoms with Crippen LogP contribution >= 0.6 is 11.6 Å². The second-order valence-electron chi connectivity index (χ2n) is 13.3. The topological polar surface area (TPSA) is 49.8 Å². The number of alkyl halides is 1. The lowest BCUT2D eigenvalue weighted by molar-refractivity contribution is -0.137. The molecule has 35 heavy (non-hydrogen) atoms. The van der Waals surface area contributed by atoms with E-state index in [9.17, 15) is 4.79 Å². The Morgan fingerprint density at radius 3 is 2.49 bits per heavy atom. The van der Waals surface area contributed by atoms with Gasteiger partial charge in [-0.15, -0.1) is 11.6 Å². The number of likely N-dealkylation sites (tertiary alicyclic amines) is 1. The quantitative estimate of drug-likeness (QED) is 0.102. The van der Waals surface area contributed by atoms with E-state index in [4.69, 9.17) is 21.1 Å². The first-order chi connectivity index (χ1) is 16.4. The number of aliphatic carboxylic acids is 1. The van der Waals surface area contributed by atoms with Crippen LogP contribution in [0.15, 0.2) is 12.2 Å². The van der Waals surface area contributed by atoms with E-state index in [1.165, 1.54) is 51.4 Å². The standard InChI is InChI=1S/C29H52ClNO3Si/c1-28(2,3)35(4,5)34-26(29(18-11-19-29)22-23-15-16-23)13-10-20-31-21-17-24(30)25(31)12-8-6-7-9-14-27(32)33/h6,8,23-26H,7,9-22H2,1-5H3,(H,32,33)/b8-6-/t24-,25-,26?/m1/s1. The van der Waals surface area contributed by atoms with Gasteiger partial charge in [-0.25, -0.2) is 0 Å². The molecule has 2 saturated carbocycles. The molecule has 0 amide bonds. The summed E-state index contributed by atoms with van der Waals surface area (Å²) in [6.45, 7) is 14.2. The predicted molar refractivity (Wildman–Crippen MR) is 150 cm³/mol. The molecule has 0 aromatic heterocycles. The van der Waals surface area contributed by atoms with Crippen LogP contribution in [0.1, 0.15) is 104 Å². The highest BCUT2D eigenvalue weighted by atomic mass is 35.5. The molecule has 0 spiro atoms. The van der Waals surface area contributed by atoms with Crippen LogP contribution in [0.3, 0.4) is 0 Å². The molecular weight excluding hydrogens is 474 g/mol. The molecule has 3 fully saturated rings. The Balaban J connectivity index is 1.55. The highest BCUT2D eigenvalue weighted by Gasteiger charge is 2.50. The number of halogens is 1. The minimum absolute atomic E-state index is 0.214. The molecule has 4 nitrogen and oxygen atoms in total. The van der Waals surface area contributed by atoms with Crippen molar-refractivity contribution in [2.45, 2.75) is 140 Å². The first-order valence-corrected chi connectivity index (χ1v) is 17.7. The minimum Gasteiger partial charge on any atom is -0.481 e. The number of unbranched alkanes of at least 4 members (excludes halogenated alkanes) is 1. The van der Waals surface area contributed by atoms with E-state index in [0.29, 0.717) is 24.0 Å². The monoisotopic (exact) mass is 525 g/mol. The normalized spacial score (nSPS) is 26.2. The van der Waals surface area contributed by atoms with Crippen LogP contribution in [0.5, 0.6) is 0 Å². The number of carbonyl (C=O) groups is 1. The predicted octanol–water partition coefficient (Wildman–Crippen LogP) is 8.01. The summed E-state index contributed by atoms with van der Waals surface area (Å²) in [6, 6.07) is 0.399. The molecule has 1 unspecified atom stereocenters. The van der Waals surface area contributed by atoms with Crippen LogP contribution in [-0.4, -0.2) is 54.9 Å². The fraction of sp³-hybridized carbons (Fsp3) is 0.897. The molecule has 2 aliphatic carbocycles. The van der Waals surface area contributed by atoms with Crippen LogP contribution in [0, 0.1) is 11.3 Å². The Bertz CT molecular complexity index is 711. The van der Waals surface area contributed by atoms with Crippen LogP contribution in [0.2, 0.25) is 18.1 Å². The van der Waals surface area contributed by atoms with Crippen molar-refractivity contribution in [1.29, 1.82) is 0 Å². The molecule has 0 bridgehead atoms. The molecule has 1 heterocycles. The number of carboxylic acid groups (broad SMARTS) is 1. The zero-order valence-corrected chi connectivity index (χ0v) is 24.9. The summed E-state index contributed by atoms with van der Waals surface area (Å²) < 4.78 is 7.21. The van der Waals surface area contributed by atoms with Crippen molar-refractivity contribution in [3.05, 3.63) is 12.2 Å². The van der Waals surface area contributed by atoms with E-state index in [1.54, 1.807) is 0 Å². The lowest BCUT2D eigenvalue weighted by Crippen LogP contribution is -2.52. The molecule has 3 rings (SSSR count). The zero-order chi connectivity index (χ0) is 25.7. The third kappa shape index (κ3) is 8.31. The van der Waals surface area contributed by atoms with Gasteiger partial charge in [-0.2, -0.15) is 0 Å². The molecule has 1 N–H and O–H groups in total. The Labute approximate surface area is 221 Å². The maximum absolute atomic E-state index is 10.7. The van der Waals surface area contributed by atoms with Crippen molar-refractivity contribution in [2.24, 2.45) is 11.3 Å². The Morgan fingerprint density at radius 1 is 1.20 bits per heavy atom. The van der Waals surface area contributed by atoms with Crippen LogP contribution < -0.4 is 0 Å². The van der Waals surface area contributed by atoms with Gasteiger partial charge in [-0.3, -0.25) is 9.69 Å². The van der Waals surface area contributed by atoms with Gasteiger partial charge in [0, 0.05) is 12.5 Å². The van der Waals surface area contributed by atoms with Gasteiger partial charge in [0.25, 0.3) is 0 Å². The molecule has 202 valence electrons. The first-order valence-electron chi connectivity index (χ1n) is 14.4. The summed E-state index contributed by atoms with van der Waals surface area (Å²) in [4.78, 5) is 13.3. The van der Waals surface area contributed by atoms with E-state index >= 15 is 0 Å². The molecular formula is C29H52ClNO3Si. The molecule has 0 radical (unpaired) electrons. The smallest absolute Gasteiger partial charge is 0.303 e. The molecule has 1 saturated heterocycles. The molecule has 3 atom stereocenters. The van der Waals surface area contributed by atoms with Gasteiger partial charge < -0.3 is 9.53 Å². The lowest BCUT2D eigenvalue weighted by Gasteiger charge is -2.52. The zero-order valence-electron chi connectivity index (χ0n) is 23.2. The van der Waals surface area contributed by atoms with Crippen molar-refractivity contribution in [1.82, 2.24) is 4.90 Å². The Hall–Kier alpha value is -0.363. The Morgan fingerprint density at radius 2 is 1.91 bits per heavy atom. The minimum atomic E-state index is -1.81. The van der Waals surface area contributed by atoms with Gasteiger partial charge >= 0.3 is 5.97 Å². The van der Waals surface area contributed by atoms with Crippen LogP contribution in [0.4, 0.5) is 0 Å². The molecule has 1 aliphatic heterocycles. The maximum Gasteiger partial charge on any atom is 0.303 e. The van der Waals surface area contributed by atoms with Crippen molar-refractivity contribution in [3.63, 3.8) is 0 Å². The first kappa shape index (κ1) is 29.2. The van der Waals surface area contributed by atoms with Gasteiger partial charge in [0.15, 0.2) is 8.32 Å². The molecule has 6 heteroatoms. The van der Waals surface area contributed by atoms with E-state index in [0.717, 1.165) is 38.3 Å². The van der Waals surface area contributed by atoms with Gasteiger partial charge in [0.05, 0.1) is 11.5 Å². The maximum atomic E-state index is 10.7. The van der Waals surface area contributed by atoms with Crippen molar-refractivity contribution < 1.29 is 14.3 Å². The summed E-state index contributed by atoms with van der Waals surface area (Å²) >= 11 is 6.73. The third-order valence-electron chi connectivity index (χ3n) is 9.46. The van der Waals surface area contributed by atoms with Crippen molar-refractivity contribution >= 4 is 25.9 Å². The van der Waals surface area contributed by atoms with E-state index < -0.39 is 14.3 Å². The summed E-state index contributed by atoms with van der Waals surface area (Å²) in [6.07, 6.45) is 19.4. The van der Waals surface area contributed by atoms with Gasteiger partial charge in [-0.1, -0.05) is 52.2 Å². The summed E-state index contributed by atoms with van der Waals surface area (Å²) in [7, 11) is -1.81. The van der Waals surface area contributed by atoms with E-state index in [-0.39, 0.29) is 16.8 Å². The van der Waals surface area contributed by atoms with Crippen molar-refractivity contribution in [3.8, 4) is 0 Å².